The monoisotopic (exact) mass is 298 g/mol. The van der Waals surface area contributed by atoms with Gasteiger partial charge in [0.05, 0.1) is 6.10 Å². The summed E-state index contributed by atoms with van der Waals surface area (Å²) in [6.07, 6.45) is 3.84. The van der Waals surface area contributed by atoms with Gasteiger partial charge in [-0.25, -0.2) is 0 Å². The van der Waals surface area contributed by atoms with Crippen LogP contribution in [0.2, 0.25) is 0 Å². The van der Waals surface area contributed by atoms with Gasteiger partial charge < -0.3 is 19.7 Å². The highest BCUT2D eigenvalue weighted by Gasteiger charge is 2.38. The summed E-state index contributed by atoms with van der Waals surface area (Å²) in [6.45, 7) is 13.9. The van der Waals surface area contributed by atoms with E-state index in [1.165, 1.54) is 0 Å². The first-order chi connectivity index (χ1) is 9.81. The second-order valence-corrected chi connectivity index (χ2v) is 8.06. The molecule has 2 unspecified atom stereocenters. The average Bonchev–Trinajstić information content (AvgIpc) is 2.83. The van der Waals surface area contributed by atoms with Crippen LogP contribution in [-0.2, 0) is 9.47 Å². The van der Waals surface area contributed by atoms with Crippen molar-refractivity contribution in [2.75, 3.05) is 40.0 Å². The highest BCUT2D eigenvalue weighted by Crippen LogP contribution is 2.33. The molecular weight excluding hydrogens is 264 g/mol. The normalized spacial score (nSPS) is 30.0. The standard InChI is InChI=1S/C17H34N2O2/c1-14-15(6-9-21-14)19(5)13-17(7-10-20-11-8-17)12-18-16(2,3)4/h14-15,18H,6-13H2,1-5H3. The predicted octanol–water partition coefficient (Wildman–Crippen LogP) is 2.28. The zero-order valence-corrected chi connectivity index (χ0v) is 14.6. The van der Waals surface area contributed by atoms with Crippen LogP contribution in [0.15, 0.2) is 0 Å². The highest BCUT2D eigenvalue weighted by molar-refractivity contribution is 4.91. The topological polar surface area (TPSA) is 33.7 Å². The van der Waals surface area contributed by atoms with Crippen molar-refractivity contribution >= 4 is 0 Å². The van der Waals surface area contributed by atoms with Gasteiger partial charge in [0, 0.05) is 44.5 Å². The molecule has 0 aromatic rings. The molecule has 2 rings (SSSR count). The molecule has 2 atom stereocenters. The summed E-state index contributed by atoms with van der Waals surface area (Å²) < 4.78 is 11.4. The molecule has 4 heteroatoms. The lowest BCUT2D eigenvalue weighted by molar-refractivity contribution is -0.0151. The van der Waals surface area contributed by atoms with Crippen LogP contribution in [-0.4, -0.2) is 62.5 Å². The van der Waals surface area contributed by atoms with Crippen LogP contribution in [0.3, 0.4) is 0 Å². The van der Waals surface area contributed by atoms with Crippen LogP contribution in [0.5, 0.6) is 0 Å². The van der Waals surface area contributed by atoms with Crippen molar-refractivity contribution in [3.63, 3.8) is 0 Å². The number of hydrogen-bond acceptors (Lipinski definition) is 4. The van der Waals surface area contributed by atoms with Gasteiger partial charge in [0.15, 0.2) is 0 Å². The van der Waals surface area contributed by atoms with Gasteiger partial charge >= 0.3 is 0 Å². The van der Waals surface area contributed by atoms with E-state index in [2.05, 4.69) is 45.0 Å². The summed E-state index contributed by atoms with van der Waals surface area (Å²) in [5.74, 6) is 0. The summed E-state index contributed by atoms with van der Waals surface area (Å²) in [7, 11) is 2.27. The molecule has 0 spiro atoms. The molecule has 0 saturated carbocycles. The smallest absolute Gasteiger partial charge is 0.0702 e. The van der Waals surface area contributed by atoms with Crippen LogP contribution in [0.25, 0.3) is 0 Å². The largest absolute Gasteiger partial charge is 0.381 e. The lowest BCUT2D eigenvalue weighted by Crippen LogP contribution is -2.52. The lowest BCUT2D eigenvalue weighted by atomic mass is 9.78. The Morgan fingerprint density at radius 2 is 1.86 bits per heavy atom. The fourth-order valence-corrected chi connectivity index (χ4v) is 3.59. The number of likely N-dealkylation sites (N-methyl/N-ethyl adjacent to an activating group) is 1. The predicted molar refractivity (Wildman–Crippen MR) is 86.7 cm³/mol. The Bertz CT molecular complexity index is 321. The maximum absolute atomic E-state index is 5.74. The zero-order chi connectivity index (χ0) is 15.5. The Labute approximate surface area is 130 Å². The quantitative estimate of drug-likeness (QED) is 0.844. The molecule has 0 bridgehead atoms. The molecule has 0 aromatic carbocycles. The third kappa shape index (κ3) is 4.92. The van der Waals surface area contributed by atoms with E-state index in [1.807, 2.05) is 0 Å². The summed E-state index contributed by atoms with van der Waals surface area (Å²) in [5, 5.41) is 3.73. The second-order valence-electron chi connectivity index (χ2n) is 8.06. The maximum Gasteiger partial charge on any atom is 0.0702 e. The number of hydrogen-bond donors (Lipinski definition) is 1. The molecule has 4 nitrogen and oxygen atoms in total. The van der Waals surface area contributed by atoms with Gasteiger partial charge in [-0.1, -0.05) is 0 Å². The van der Waals surface area contributed by atoms with Gasteiger partial charge in [-0.15, -0.1) is 0 Å². The fraction of sp³-hybridized carbons (Fsp3) is 1.00. The Balaban J connectivity index is 1.98. The summed E-state index contributed by atoms with van der Waals surface area (Å²) in [6, 6.07) is 0.569. The molecule has 124 valence electrons. The van der Waals surface area contributed by atoms with Crippen molar-refractivity contribution in [1.29, 1.82) is 0 Å². The third-order valence-electron chi connectivity index (χ3n) is 5.03. The molecule has 2 fully saturated rings. The number of nitrogens with one attached hydrogen (secondary N) is 1. The van der Waals surface area contributed by atoms with Crippen LogP contribution >= 0.6 is 0 Å². The Morgan fingerprint density at radius 1 is 1.19 bits per heavy atom. The molecule has 0 radical (unpaired) electrons. The van der Waals surface area contributed by atoms with Crippen LogP contribution in [0.4, 0.5) is 0 Å². The summed E-state index contributed by atoms with van der Waals surface area (Å²) in [4.78, 5) is 2.54. The minimum Gasteiger partial charge on any atom is -0.381 e. The Kier molecular flexibility index (Phi) is 5.69. The molecule has 2 heterocycles. The van der Waals surface area contributed by atoms with Crippen LogP contribution < -0.4 is 5.32 Å². The van der Waals surface area contributed by atoms with Crippen molar-refractivity contribution in [1.82, 2.24) is 10.2 Å². The van der Waals surface area contributed by atoms with Crippen molar-refractivity contribution in [2.24, 2.45) is 5.41 Å². The van der Waals surface area contributed by atoms with Gasteiger partial charge in [0.2, 0.25) is 0 Å². The van der Waals surface area contributed by atoms with Crippen molar-refractivity contribution in [3.8, 4) is 0 Å². The summed E-state index contributed by atoms with van der Waals surface area (Å²) >= 11 is 0. The molecule has 0 aromatic heterocycles. The van der Waals surface area contributed by atoms with Gasteiger partial charge in [-0.2, -0.15) is 0 Å². The molecule has 0 amide bonds. The first-order valence-corrected chi connectivity index (χ1v) is 8.46. The van der Waals surface area contributed by atoms with E-state index < -0.39 is 0 Å². The molecule has 0 aliphatic carbocycles. The molecular formula is C17H34N2O2. The molecule has 2 aliphatic rings. The van der Waals surface area contributed by atoms with E-state index >= 15 is 0 Å². The molecule has 2 aliphatic heterocycles. The van der Waals surface area contributed by atoms with E-state index in [0.717, 1.165) is 52.2 Å². The first-order valence-electron chi connectivity index (χ1n) is 8.46. The second kappa shape index (κ2) is 6.95. The van der Waals surface area contributed by atoms with Crippen LogP contribution in [0.1, 0.15) is 47.0 Å². The number of nitrogens with zero attached hydrogens (tertiary/aromatic N) is 1. The minimum absolute atomic E-state index is 0.174. The molecule has 2 saturated heterocycles. The number of rotatable bonds is 5. The van der Waals surface area contributed by atoms with Crippen molar-refractivity contribution < 1.29 is 9.47 Å². The number of ether oxygens (including phenoxy) is 2. The van der Waals surface area contributed by atoms with Crippen LogP contribution in [0, 0.1) is 5.41 Å². The van der Waals surface area contributed by atoms with E-state index in [1.54, 1.807) is 0 Å². The van der Waals surface area contributed by atoms with Gasteiger partial charge in [-0.3, -0.25) is 0 Å². The van der Waals surface area contributed by atoms with Crippen molar-refractivity contribution in [3.05, 3.63) is 0 Å². The fourth-order valence-electron chi connectivity index (χ4n) is 3.59. The highest BCUT2D eigenvalue weighted by atomic mass is 16.5. The average molecular weight is 298 g/mol. The van der Waals surface area contributed by atoms with Gasteiger partial charge in [0.25, 0.3) is 0 Å². The third-order valence-corrected chi connectivity index (χ3v) is 5.03. The maximum atomic E-state index is 5.74. The van der Waals surface area contributed by atoms with E-state index in [0.29, 0.717) is 17.6 Å². The van der Waals surface area contributed by atoms with Crippen molar-refractivity contribution in [2.45, 2.75) is 64.6 Å². The summed E-state index contributed by atoms with van der Waals surface area (Å²) in [5.41, 5.74) is 0.510. The van der Waals surface area contributed by atoms with E-state index in [-0.39, 0.29) is 5.54 Å². The molecule has 1 N–H and O–H groups in total. The minimum atomic E-state index is 0.174. The van der Waals surface area contributed by atoms with E-state index in [4.69, 9.17) is 9.47 Å². The lowest BCUT2D eigenvalue weighted by Gasteiger charge is -2.43. The Morgan fingerprint density at radius 3 is 2.38 bits per heavy atom. The van der Waals surface area contributed by atoms with Gasteiger partial charge in [0.1, 0.15) is 0 Å². The molecule has 21 heavy (non-hydrogen) atoms. The first kappa shape index (κ1) is 17.2. The SMILES string of the molecule is CC1OCCC1N(C)CC1(CNC(C)(C)C)CCOCC1. The van der Waals surface area contributed by atoms with Gasteiger partial charge in [-0.05, 0) is 59.4 Å². The Hall–Kier alpha value is -0.160. The zero-order valence-electron chi connectivity index (χ0n) is 14.6. The van der Waals surface area contributed by atoms with E-state index in [9.17, 15) is 0 Å².